The van der Waals surface area contributed by atoms with Gasteiger partial charge in [0.25, 0.3) is 0 Å². The van der Waals surface area contributed by atoms with Gasteiger partial charge in [0.15, 0.2) is 0 Å². The first-order valence-corrected chi connectivity index (χ1v) is 7.80. The highest BCUT2D eigenvalue weighted by Gasteiger charge is 2.46. The van der Waals surface area contributed by atoms with Gasteiger partial charge >= 0.3 is 11.9 Å². The Balaban J connectivity index is 4.59. The second-order valence-electron chi connectivity index (χ2n) is 6.66. The average molecular weight is 315 g/mol. The standard InChI is InChI=1S/C16H29NO5/c1-5-6-7-8-9-10-12(18)11-16(17,13(19)20)14(21)22-15(2,3)4/h5-11,17H2,1-4H3,(H,19,20)/t16-/m0/s1. The molecule has 6 nitrogen and oxygen atoms in total. The number of nitrogens with two attached hydrogens (primary N) is 1. The van der Waals surface area contributed by atoms with Gasteiger partial charge in [0.2, 0.25) is 5.54 Å². The van der Waals surface area contributed by atoms with Crippen LogP contribution in [0.4, 0.5) is 0 Å². The van der Waals surface area contributed by atoms with Gasteiger partial charge < -0.3 is 15.6 Å². The van der Waals surface area contributed by atoms with Crippen LogP contribution in [0.25, 0.3) is 0 Å². The highest BCUT2D eigenvalue weighted by atomic mass is 16.6. The quantitative estimate of drug-likeness (QED) is 0.364. The lowest BCUT2D eigenvalue weighted by Gasteiger charge is -2.27. The number of hydrogen-bond donors (Lipinski definition) is 2. The predicted octanol–water partition coefficient (Wildman–Crippen LogP) is 2.43. The molecular formula is C16H29NO5. The molecular weight excluding hydrogens is 286 g/mol. The van der Waals surface area contributed by atoms with Gasteiger partial charge in [-0.25, -0.2) is 9.59 Å². The van der Waals surface area contributed by atoms with Crippen molar-refractivity contribution in [3.8, 4) is 0 Å². The molecule has 1 atom stereocenters. The number of aliphatic carboxylic acids is 1. The molecule has 0 heterocycles. The predicted molar refractivity (Wildman–Crippen MR) is 83.4 cm³/mol. The van der Waals surface area contributed by atoms with E-state index < -0.39 is 29.5 Å². The Kier molecular flexibility index (Phi) is 8.30. The zero-order chi connectivity index (χ0) is 17.4. The van der Waals surface area contributed by atoms with E-state index in [0.717, 1.165) is 25.7 Å². The van der Waals surface area contributed by atoms with Gasteiger partial charge in [-0.1, -0.05) is 32.6 Å². The minimum atomic E-state index is -2.31. The number of carboxylic acid groups (broad SMARTS) is 1. The molecule has 0 bridgehead atoms. The number of ketones is 1. The van der Waals surface area contributed by atoms with E-state index in [2.05, 4.69) is 6.92 Å². The van der Waals surface area contributed by atoms with Crippen molar-refractivity contribution in [3.63, 3.8) is 0 Å². The van der Waals surface area contributed by atoms with Crippen molar-refractivity contribution in [1.29, 1.82) is 0 Å². The van der Waals surface area contributed by atoms with Crippen LogP contribution in [0, 0.1) is 0 Å². The van der Waals surface area contributed by atoms with Crippen molar-refractivity contribution >= 4 is 17.7 Å². The number of unbranched alkanes of at least 4 members (excludes halogenated alkanes) is 4. The summed E-state index contributed by atoms with van der Waals surface area (Å²) in [6, 6.07) is 0. The summed E-state index contributed by atoms with van der Waals surface area (Å²) in [6.45, 7) is 6.94. The molecule has 0 unspecified atom stereocenters. The molecule has 0 spiro atoms. The smallest absolute Gasteiger partial charge is 0.338 e. The molecule has 0 saturated heterocycles. The molecule has 0 rings (SSSR count). The first-order valence-electron chi connectivity index (χ1n) is 7.80. The number of Topliss-reactive ketones (excluding diaryl/α,β-unsaturated/α-hetero) is 1. The number of rotatable bonds is 10. The van der Waals surface area contributed by atoms with Crippen LogP contribution in [0.2, 0.25) is 0 Å². The monoisotopic (exact) mass is 315 g/mol. The highest BCUT2D eigenvalue weighted by Crippen LogP contribution is 2.18. The molecule has 0 saturated carbocycles. The SMILES string of the molecule is CCCCCCCC(=O)C[C@](N)(C(=O)O)C(=O)OC(C)(C)C. The second-order valence-corrected chi connectivity index (χ2v) is 6.66. The Labute approximate surface area is 132 Å². The summed E-state index contributed by atoms with van der Waals surface area (Å²) in [5.41, 5.74) is 2.48. The van der Waals surface area contributed by atoms with Crippen LogP contribution in [-0.2, 0) is 19.1 Å². The van der Waals surface area contributed by atoms with Crippen LogP contribution in [0.1, 0.15) is 72.6 Å². The molecule has 0 aliphatic rings. The van der Waals surface area contributed by atoms with Gasteiger partial charge in [-0.3, -0.25) is 4.79 Å². The van der Waals surface area contributed by atoms with Crippen molar-refractivity contribution in [2.75, 3.05) is 0 Å². The first kappa shape index (κ1) is 20.6. The Morgan fingerprint density at radius 2 is 1.59 bits per heavy atom. The maximum absolute atomic E-state index is 12.0. The van der Waals surface area contributed by atoms with E-state index in [9.17, 15) is 19.5 Å². The second kappa shape index (κ2) is 8.88. The molecule has 0 aromatic carbocycles. The number of carboxylic acids is 1. The van der Waals surface area contributed by atoms with Gasteiger partial charge in [-0.2, -0.15) is 0 Å². The van der Waals surface area contributed by atoms with Crippen molar-refractivity contribution < 1.29 is 24.2 Å². The van der Waals surface area contributed by atoms with Gasteiger partial charge in [0.1, 0.15) is 11.4 Å². The van der Waals surface area contributed by atoms with E-state index in [0.29, 0.717) is 6.42 Å². The number of carbonyl (C=O) groups excluding carboxylic acids is 2. The normalized spacial score (nSPS) is 14.2. The molecule has 0 aromatic heterocycles. The molecule has 3 N–H and O–H groups in total. The fraction of sp³-hybridized carbons (Fsp3) is 0.812. The molecule has 0 fully saturated rings. The van der Waals surface area contributed by atoms with Crippen molar-refractivity contribution in [1.82, 2.24) is 0 Å². The van der Waals surface area contributed by atoms with Gasteiger partial charge in [0.05, 0.1) is 0 Å². The van der Waals surface area contributed by atoms with Crippen LogP contribution in [0.3, 0.4) is 0 Å². The number of ether oxygens (including phenoxy) is 1. The third-order valence-electron chi connectivity index (χ3n) is 3.18. The van der Waals surface area contributed by atoms with Crippen LogP contribution in [-0.4, -0.2) is 34.0 Å². The Bertz CT molecular complexity index is 400. The third kappa shape index (κ3) is 7.54. The third-order valence-corrected chi connectivity index (χ3v) is 3.18. The fourth-order valence-corrected chi connectivity index (χ4v) is 1.93. The number of carbonyl (C=O) groups is 3. The molecule has 0 aliphatic heterocycles. The van der Waals surface area contributed by atoms with Crippen molar-refractivity contribution in [3.05, 3.63) is 0 Å². The first-order chi connectivity index (χ1) is 10.0. The Hall–Kier alpha value is -1.43. The highest BCUT2D eigenvalue weighted by molar-refractivity contribution is 6.07. The van der Waals surface area contributed by atoms with Gasteiger partial charge in [0, 0.05) is 12.8 Å². The largest absolute Gasteiger partial charge is 0.479 e. The summed E-state index contributed by atoms with van der Waals surface area (Å²) in [4.78, 5) is 35.2. The summed E-state index contributed by atoms with van der Waals surface area (Å²) in [6.07, 6.45) is 4.56. The van der Waals surface area contributed by atoms with Crippen LogP contribution < -0.4 is 5.73 Å². The van der Waals surface area contributed by atoms with E-state index in [1.54, 1.807) is 20.8 Å². The maximum Gasteiger partial charge on any atom is 0.338 e. The number of esters is 1. The van der Waals surface area contributed by atoms with Gasteiger partial charge in [-0.15, -0.1) is 0 Å². The minimum absolute atomic E-state index is 0.235. The van der Waals surface area contributed by atoms with Crippen LogP contribution in [0.5, 0.6) is 0 Å². The lowest BCUT2D eigenvalue weighted by atomic mass is 9.91. The van der Waals surface area contributed by atoms with Gasteiger partial charge in [-0.05, 0) is 27.2 Å². The van der Waals surface area contributed by atoms with E-state index in [1.807, 2.05) is 0 Å². The Morgan fingerprint density at radius 3 is 2.05 bits per heavy atom. The summed E-state index contributed by atoms with van der Waals surface area (Å²) < 4.78 is 5.03. The molecule has 6 heteroatoms. The molecule has 0 radical (unpaired) electrons. The van der Waals surface area contributed by atoms with E-state index in [-0.39, 0.29) is 12.2 Å². The molecule has 0 aromatic rings. The molecule has 0 aliphatic carbocycles. The van der Waals surface area contributed by atoms with Crippen molar-refractivity contribution in [2.45, 2.75) is 83.8 Å². The van der Waals surface area contributed by atoms with E-state index in [4.69, 9.17) is 10.5 Å². The van der Waals surface area contributed by atoms with Crippen molar-refractivity contribution in [2.24, 2.45) is 5.73 Å². The summed E-state index contributed by atoms with van der Waals surface area (Å²) in [7, 11) is 0. The Morgan fingerprint density at radius 1 is 1.05 bits per heavy atom. The minimum Gasteiger partial charge on any atom is -0.479 e. The summed E-state index contributed by atoms with van der Waals surface area (Å²) in [5, 5.41) is 9.21. The maximum atomic E-state index is 12.0. The lowest BCUT2D eigenvalue weighted by Crippen LogP contribution is -2.58. The fourth-order valence-electron chi connectivity index (χ4n) is 1.93. The van der Waals surface area contributed by atoms with Crippen LogP contribution >= 0.6 is 0 Å². The molecule has 128 valence electrons. The van der Waals surface area contributed by atoms with E-state index >= 15 is 0 Å². The number of hydrogen-bond acceptors (Lipinski definition) is 5. The summed E-state index contributed by atoms with van der Waals surface area (Å²) >= 11 is 0. The average Bonchev–Trinajstić information content (AvgIpc) is 2.36. The topological polar surface area (TPSA) is 107 Å². The van der Waals surface area contributed by atoms with Crippen LogP contribution in [0.15, 0.2) is 0 Å². The van der Waals surface area contributed by atoms with E-state index in [1.165, 1.54) is 0 Å². The zero-order valence-electron chi connectivity index (χ0n) is 14.1. The molecule has 22 heavy (non-hydrogen) atoms. The summed E-state index contributed by atoms with van der Waals surface area (Å²) in [5.74, 6) is -2.94. The molecule has 0 amide bonds. The lowest BCUT2D eigenvalue weighted by molar-refractivity contribution is -0.170. The zero-order valence-corrected chi connectivity index (χ0v) is 14.1.